The molecule has 0 N–H and O–H groups in total. The zero-order valence-electron chi connectivity index (χ0n) is 24.5. The summed E-state index contributed by atoms with van der Waals surface area (Å²) in [6, 6.07) is 24.1. The van der Waals surface area contributed by atoms with Gasteiger partial charge in [-0.2, -0.15) is 13.2 Å². The predicted molar refractivity (Wildman–Crippen MR) is 161 cm³/mol. The summed E-state index contributed by atoms with van der Waals surface area (Å²) in [6.45, 7) is 3.88. The third-order valence-corrected chi connectivity index (χ3v) is 8.67. The molecule has 0 unspecified atom stereocenters. The quantitative estimate of drug-likeness (QED) is 0.298. The highest BCUT2D eigenvalue weighted by Gasteiger charge is 2.37. The monoisotopic (exact) mass is 592 g/mol. The Balaban J connectivity index is 1.19. The Hall–Kier alpha value is -3.85. The van der Waals surface area contributed by atoms with E-state index in [9.17, 15) is 22.8 Å². The van der Waals surface area contributed by atoms with E-state index in [1.807, 2.05) is 24.1 Å². The molecule has 0 bridgehead atoms. The summed E-state index contributed by atoms with van der Waals surface area (Å²) in [5.74, 6) is -0.199. The van der Waals surface area contributed by atoms with Gasteiger partial charge < -0.3 is 19.6 Å². The van der Waals surface area contributed by atoms with Gasteiger partial charge in [-0.1, -0.05) is 60.7 Å². The van der Waals surface area contributed by atoms with Crippen molar-refractivity contribution >= 4 is 11.9 Å². The maximum Gasteiger partial charge on any atom is 0.416 e. The molecule has 3 aromatic rings. The van der Waals surface area contributed by atoms with Crippen molar-refractivity contribution in [1.29, 1.82) is 0 Å². The fourth-order valence-corrected chi connectivity index (χ4v) is 6.14. The second kappa shape index (κ2) is 13.6. The Kier molecular flexibility index (Phi) is 9.70. The first kappa shape index (κ1) is 30.6. The predicted octanol–water partition coefficient (Wildman–Crippen LogP) is 6.18. The van der Waals surface area contributed by atoms with Gasteiger partial charge in [0.2, 0.25) is 0 Å². The lowest BCUT2D eigenvalue weighted by Crippen LogP contribution is -2.48. The highest BCUT2D eigenvalue weighted by Crippen LogP contribution is 2.30. The van der Waals surface area contributed by atoms with Gasteiger partial charge in [-0.25, -0.2) is 4.79 Å². The van der Waals surface area contributed by atoms with Gasteiger partial charge in [-0.15, -0.1) is 0 Å². The topological polar surface area (TPSA) is 47.1 Å². The first-order valence-corrected chi connectivity index (χ1v) is 15.0. The number of benzene rings is 3. The van der Waals surface area contributed by atoms with Gasteiger partial charge in [-0.05, 0) is 67.6 Å². The van der Waals surface area contributed by atoms with E-state index in [0.717, 1.165) is 51.0 Å². The van der Waals surface area contributed by atoms with Crippen LogP contribution in [0.25, 0.3) is 0 Å². The summed E-state index contributed by atoms with van der Waals surface area (Å²) in [7, 11) is 1.86. The normalized spacial score (nSPS) is 19.0. The fourth-order valence-electron chi connectivity index (χ4n) is 6.14. The first-order chi connectivity index (χ1) is 20.7. The number of amides is 3. The third-order valence-electron chi connectivity index (χ3n) is 8.67. The van der Waals surface area contributed by atoms with Gasteiger partial charge in [0.1, 0.15) is 0 Å². The van der Waals surface area contributed by atoms with Gasteiger partial charge >= 0.3 is 12.2 Å². The van der Waals surface area contributed by atoms with Crippen molar-refractivity contribution in [2.45, 2.75) is 50.5 Å². The summed E-state index contributed by atoms with van der Waals surface area (Å²) in [5.41, 5.74) is 1.74. The molecule has 0 spiro atoms. The average molecular weight is 593 g/mol. The molecule has 3 amide bonds. The lowest BCUT2D eigenvalue weighted by molar-refractivity contribution is -0.137. The zero-order valence-corrected chi connectivity index (χ0v) is 24.5. The number of aryl methyl sites for hydroxylation is 1. The summed E-state index contributed by atoms with van der Waals surface area (Å²) < 4.78 is 39.3. The molecule has 228 valence electrons. The summed E-state index contributed by atoms with van der Waals surface area (Å²) in [6.07, 6.45) is -0.773. The van der Waals surface area contributed by atoms with E-state index in [4.69, 9.17) is 0 Å². The van der Waals surface area contributed by atoms with E-state index in [-0.39, 0.29) is 30.6 Å². The fraction of sp³-hybridized carbons (Fsp3) is 0.412. The first-order valence-electron chi connectivity index (χ1n) is 15.0. The molecule has 0 aliphatic carbocycles. The molecular weight excluding hydrogens is 553 g/mol. The van der Waals surface area contributed by atoms with E-state index in [0.29, 0.717) is 30.6 Å². The van der Waals surface area contributed by atoms with Crippen molar-refractivity contribution in [3.05, 3.63) is 107 Å². The number of halogens is 3. The minimum absolute atomic E-state index is 0.0414. The molecule has 43 heavy (non-hydrogen) atoms. The number of carbonyl (C=O) groups excluding carboxylic acids is 2. The molecule has 3 aromatic carbocycles. The van der Waals surface area contributed by atoms with E-state index >= 15 is 0 Å². The molecule has 2 aliphatic rings. The molecule has 0 saturated carbocycles. The molecular formula is C34H39F3N4O2. The zero-order chi connectivity index (χ0) is 30.4. The second-order valence-electron chi connectivity index (χ2n) is 11.6. The van der Waals surface area contributed by atoms with Gasteiger partial charge in [0.15, 0.2) is 0 Å². The van der Waals surface area contributed by atoms with Crippen molar-refractivity contribution in [1.82, 2.24) is 19.6 Å². The van der Waals surface area contributed by atoms with E-state index in [1.165, 1.54) is 17.7 Å². The number of likely N-dealkylation sites (N-methyl/N-ethyl adjacent to an activating group) is 1. The number of urea groups is 1. The van der Waals surface area contributed by atoms with Crippen molar-refractivity contribution in [2.75, 3.05) is 39.8 Å². The van der Waals surface area contributed by atoms with Crippen LogP contribution in [0, 0.1) is 0 Å². The Morgan fingerprint density at radius 2 is 1.47 bits per heavy atom. The van der Waals surface area contributed by atoms with Crippen molar-refractivity contribution in [3.63, 3.8) is 0 Å². The molecule has 5 rings (SSSR count). The summed E-state index contributed by atoms with van der Waals surface area (Å²) >= 11 is 0. The lowest BCUT2D eigenvalue weighted by atomic mass is 10.1. The number of nitrogens with zero attached hydrogens (tertiary/aromatic N) is 4. The molecule has 2 heterocycles. The van der Waals surface area contributed by atoms with Crippen molar-refractivity contribution < 1.29 is 22.8 Å². The van der Waals surface area contributed by atoms with E-state index in [1.54, 1.807) is 34.1 Å². The highest BCUT2D eigenvalue weighted by atomic mass is 19.4. The Morgan fingerprint density at radius 3 is 2.14 bits per heavy atom. The molecule has 2 atom stereocenters. The van der Waals surface area contributed by atoms with Crippen LogP contribution in [0.15, 0.2) is 84.9 Å². The van der Waals surface area contributed by atoms with Crippen LogP contribution in [0.1, 0.15) is 46.3 Å². The van der Waals surface area contributed by atoms with Gasteiger partial charge in [0, 0.05) is 51.4 Å². The Labute approximate surface area is 251 Å². The molecule has 9 heteroatoms. The average Bonchev–Trinajstić information content (AvgIpc) is 3.70. The smallest absolute Gasteiger partial charge is 0.329 e. The second-order valence-corrected chi connectivity index (χ2v) is 11.6. The number of alkyl halides is 3. The third kappa shape index (κ3) is 7.76. The number of carbonyl (C=O) groups is 2. The lowest BCUT2D eigenvalue weighted by Gasteiger charge is -2.32. The molecule has 2 fully saturated rings. The van der Waals surface area contributed by atoms with Crippen LogP contribution in [-0.2, 0) is 19.1 Å². The van der Waals surface area contributed by atoms with Crippen molar-refractivity contribution in [2.24, 2.45) is 0 Å². The van der Waals surface area contributed by atoms with Crippen LogP contribution < -0.4 is 0 Å². The number of rotatable bonds is 9. The minimum Gasteiger partial charge on any atom is -0.329 e. The maximum atomic E-state index is 13.6. The molecule has 2 aliphatic heterocycles. The van der Waals surface area contributed by atoms with Crippen LogP contribution in [-0.4, -0.2) is 83.4 Å². The van der Waals surface area contributed by atoms with E-state index in [2.05, 4.69) is 29.2 Å². The number of likely N-dealkylation sites (tertiary alicyclic amines) is 2. The molecule has 0 aromatic heterocycles. The summed E-state index contributed by atoms with van der Waals surface area (Å²) in [4.78, 5) is 35.0. The summed E-state index contributed by atoms with van der Waals surface area (Å²) in [5, 5.41) is 0. The van der Waals surface area contributed by atoms with Crippen LogP contribution in [0.3, 0.4) is 0 Å². The van der Waals surface area contributed by atoms with Crippen molar-refractivity contribution in [3.8, 4) is 0 Å². The molecule has 2 saturated heterocycles. The molecule has 0 radical (unpaired) electrons. The highest BCUT2D eigenvalue weighted by molar-refractivity contribution is 5.94. The largest absolute Gasteiger partial charge is 0.416 e. The van der Waals surface area contributed by atoms with Gasteiger partial charge in [0.25, 0.3) is 5.91 Å². The van der Waals surface area contributed by atoms with Crippen LogP contribution in [0.5, 0.6) is 0 Å². The SMILES string of the molecule is CN(C(=O)N1CC[C@H](N(Cc2ccc(C(F)(F)F)cc2)C(=O)c2ccccc2)C1)[C@H]1CCN(CCCc2ccccc2)C1. The van der Waals surface area contributed by atoms with Crippen LogP contribution >= 0.6 is 0 Å². The standard InChI is InChI=1S/C34H39F3N4O2/c1-38(30-18-21-39(24-30)20-8-11-26-9-4-2-5-10-26)33(43)40-22-19-31(25-40)41(32(42)28-12-6-3-7-13-28)23-27-14-16-29(17-15-27)34(35,36)37/h2-7,9-10,12-17,30-31H,8,11,18-25H2,1H3/t30-,31-/m0/s1. The Bertz CT molecular complexity index is 1350. The van der Waals surface area contributed by atoms with Crippen LogP contribution in [0.2, 0.25) is 0 Å². The number of hydrogen-bond acceptors (Lipinski definition) is 3. The Morgan fingerprint density at radius 1 is 0.814 bits per heavy atom. The minimum atomic E-state index is -4.42. The van der Waals surface area contributed by atoms with E-state index < -0.39 is 11.7 Å². The maximum absolute atomic E-state index is 13.6. The van der Waals surface area contributed by atoms with Crippen LogP contribution in [0.4, 0.5) is 18.0 Å². The molecule has 6 nitrogen and oxygen atoms in total. The number of hydrogen-bond donors (Lipinski definition) is 0. The van der Waals surface area contributed by atoms with Gasteiger partial charge in [0.05, 0.1) is 11.6 Å². The van der Waals surface area contributed by atoms with Gasteiger partial charge in [-0.3, -0.25) is 4.79 Å².